The molecule has 3 atom stereocenters. The molecule has 5 nitrogen and oxygen atoms in total. The second-order valence-electron chi connectivity index (χ2n) is 20.9. The molecule has 0 aliphatic carbocycles. The van der Waals surface area contributed by atoms with Crippen LogP contribution < -0.4 is 5.32 Å². The van der Waals surface area contributed by atoms with Crippen LogP contribution >= 0.6 is 0 Å². The number of allylic oxidation sites excluding steroid dienone is 7. The minimum Gasteiger partial charge on any atom is -0.394 e. The predicted molar refractivity (Wildman–Crippen MR) is 301 cm³/mol. The summed E-state index contributed by atoms with van der Waals surface area (Å²) < 4.78 is 0. The first-order chi connectivity index (χ1) is 33.5. The molecule has 0 aliphatic rings. The highest BCUT2D eigenvalue weighted by atomic mass is 16.3. The quantitative estimate of drug-likeness (QED) is 0.0361. The van der Waals surface area contributed by atoms with E-state index in [4.69, 9.17) is 0 Å². The Kier molecular flexibility index (Phi) is 56.4. The average Bonchev–Trinajstić information content (AvgIpc) is 3.33. The lowest BCUT2D eigenvalue weighted by Crippen LogP contribution is -2.45. The Morgan fingerprint density at radius 1 is 0.368 bits per heavy atom. The van der Waals surface area contributed by atoms with Crippen molar-refractivity contribution in [1.29, 1.82) is 0 Å². The third kappa shape index (κ3) is 53.7. The zero-order valence-corrected chi connectivity index (χ0v) is 45.7. The number of hydrogen-bond donors (Lipinski definition) is 4. The largest absolute Gasteiger partial charge is 0.394 e. The lowest BCUT2D eigenvalue weighted by atomic mass is 10.0. The maximum atomic E-state index is 12.5. The van der Waals surface area contributed by atoms with Gasteiger partial charge in [-0.2, -0.15) is 0 Å². The molecule has 5 heteroatoms. The van der Waals surface area contributed by atoms with E-state index >= 15 is 0 Å². The molecule has 68 heavy (non-hydrogen) atoms. The van der Waals surface area contributed by atoms with Crippen LogP contribution in [0.2, 0.25) is 0 Å². The fraction of sp³-hybridized carbons (Fsp3) is 0.857. The number of aliphatic hydroxyl groups is 3. The lowest BCUT2D eigenvalue weighted by Gasteiger charge is -2.21. The number of carbonyl (C=O) groups is 1. The fourth-order valence-electron chi connectivity index (χ4n) is 9.43. The van der Waals surface area contributed by atoms with Gasteiger partial charge in [-0.3, -0.25) is 4.79 Å². The maximum absolute atomic E-state index is 12.5. The molecule has 4 N–H and O–H groups in total. The highest BCUT2D eigenvalue weighted by Gasteiger charge is 2.20. The molecule has 0 bridgehead atoms. The highest BCUT2D eigenvalue weighted by molar-refractivity contribution is 5.76. The van der Waals surface area contributed by atoms with Crippen molar-refractivity contribution in [3.05, 3.63) is 48.6 Å². The van der Waals surface area contributed by atoms with Gasteiger partial charge in [-0.1, -0.05) is 294 Å². The lowest BCUT2D eigenvalue weighted by molar-refractivity contribution is -0.124. The van der Waals surface area contributed by atoms with Gasteiger partial charge in [0, 0.05) is 0 Å². The topological polar surface area (TPSA) is 89.8 Å². The van der Waals surface area contributed by atoms with E-state index in [2.05, 4.69) is 55.6 Å². The predicted octanol–water partition coefficient (Wildman–Crippen LogP) is 19.2. The second-order valence-corrected chi connectivity index (χ2v) is 20.9. The van der Waals surface area contributed by atoms with Gasteiger partial charge < -0.3 is 20.6 Å². The van der Waals surface area contributed by atoms with Crippen LogP contribution in [-0.4, -0.2) is 46.1 Å². The van der Waals surface area contributed by atoms with Crippen LogP contribution in [0, 0.1) is 0 Å². The Labute approximate surface area is 425 Å². The molecule has 0 aromatic carbocycles. The summed E-state index contributed by atoms with van der Waals surface area (Å²) in [7, 11) is 0. The summed E-state index contributed by atoms with van der Waals surface area (Å²) in [6.07, 6.45) is 77.5. The summed E-state index contributed by atoms with van der Waals surface area (Å²) >= 11 is 0. The van der Waals surface area contributed by atoms with Crippen molar-refractivity contribution in [2.75, 3.05) is 6.61 Å². The normalized spacial score (nSPS) is 13.5. The molecule has 0 rings (SSSR count). The van der Waals surface area contributed by atoms with E-state index in [1.165, 1.54) is 257 Å². The molecule has 400 valence electrons. The van der Waals surface area contributed by atoms with Gasteiger partial charge >= 0.3 is 0 Å². The van der Waals surface area contributed by atoms with E-state index in [9.17, 15) is 20.1 Å². The second kappa shape index (κ2) is 57.9. The molecular weight excluding hydrogens is 835 g/mol. The van der Waals surface area contributed by atoms with Crippen molar-refractivity contribution >= 4 is 5.91 Å². The first kappa shape index (κ1) is 66.3. The van der Waals surface area contributed by atoms with Gasteiger partial charge in [0.2, 0.25) is 5.91 Å². The maximum Gasteiger partial charge on any atom is 0.222 e. The molecule has 0 fully saturated rings. The molecule has 0 saturated heterocycles. The van der Waals surface area contributed by atoms with Crippen LogP contribution in [0.3, 0.4) is 0 Å². The molecule has 1 amide bonds. The summed E-state index contributed by atoms with van der Waals surface area (Å²) in [6, 6.07) is -0.769. The fourth-order valence-corrected chi connectivity index (χ4v) is 9.43. The SMILES string of the molecule is CCCCCCCCCCCCCC/C=C\CCCCCCCCCCCCCCCCC(O)CC(=O)NC(CO)C(O)/C=C/CC/C=C/CC/C=C/CCCCCCCCCCCCCCC. The van der Waals surface area contributed by atoms with E-state index in [-0.39, 0.29) is 18.9 Å². The van der Waals surface area contributed by atoms with Gasteiger partial charge in [0.05, 0.1) is 31.3 Å². The highest BCUT2D eigenvalue weighted by Crippen LogP contribution is 2.17. The summed E-state index contributed by atoms with van der Waals surface area (Å²) in [5.74, 6) is -0.326. The van der Waals surface area contributed by atoms with E-state index in [0.717, 1.165) is 38.5 Å². The molecule has 0 aromatic heterocycles. The molecule has 0 spiro atoms. The van der Waals surface area contributed by atoms with Gasteiger partial charge in [0.15, 0.2) is 0 Å². The van der Waals surface area contributed by atoms with Crippen LogP contribution in [0.15, 0.2) is 48.6 Å². The first-order valence-corrected chi connectivity index (χ1v) is 30.4. The van der Waals surface area contributed by atoms with Crippen molar-refractivity contribution in [1.82, 2.24) is 5.32 Å². The first-order valence-electron chi connectivity index (χ1n) is 30.4. The van der Waals surface area contributed by atoms with Crippen molar-refractivity contribution in [2.45, 2.75) is 340 Å². The molecule has 0 aromatic rings. The summed E-state index contributed by atoms with van der Waals surface area (Å²) in [6.45, 7) is 4.23. The van der Waals surface area contributed by atoms with Crippen LogP contribution in [0.5, 0.6) is 0 Å². The minimum absolute atomic E-state index is 0.00324. The number of hydrogen-bond acceptors (Lipinski definition) is 4. The summed E-state index contributed by atoms with van der Waals surface area (Å²) in [5.41, 5.74) is 0. The Morgan fingerprint density at radius 3 is 0.941 bits per heavy atom. The monoisotopic (exact) mass is 954 g/mol. The molecular formula is C63H119NO4. The van der Waals surface area contributed by atoms with E-state index in [1.807, 2.05) is 6.08 Å². The Balaban J connectivity index is 3.58. The van der Waals surface area contributed by atoms with E-state index < -0.39 is 18.2 Å². The smallest absolute Gasteiger partial charge is 0.222 e. The number of nitrogens with one attached hydrogen (secondary N) is 1. The van der Waals surface area contributed by atoms with Crippen LogP contribution in [-0.2, 0) is 4.79 Å². The number of amides is 1. The zero-order valence-electron chi connectivity index (χ0n) is 45.7. The van der Waals surface area contributed by atoms with Crippen LogP contribution in [0.4, 0.5) is 0 Å². The average molecular weight is 955 g/mol. The van der Waals surface area contributed by atoms with Crippen LogP contribution in [0.25, 0.3) is 0 Å². The van der Waals surface area contributed by atoms with Gasteiger partial charge in [0.1, 0.15) is 0 Å². The number of rotatable bonds is 56. The minimum atomic E-state index is -0.962. The summed E-state index contributed by atoms with van der Waals surface area (Å²) in [4.78, 5) is 12.5. The zero-order chi connectivity index (χ0) is 49.3. The van der Waals surface area contributed by atoms with Gasteiger partial charge in [0.25, 0.3) is 0 Å². The summed E-state index contributed by atoms with van der Waals surface area (Å²) in [5, 5.41) is 33.5. The van der Waals surface area contributed by atoms with E-state index in [0.29, 0.717) is 6.42 Å². The Bertz CT molecular complexity index is 1100. The van der Waals surface area contributed by atoms with Crippen LogP contribution in [0.1, 0.15) is 322 Å². The Hall–Kier alpha value is -1.69. The van der Waals surface area contributed by atoms with Crippen molar-refractivity contribution in [2.24, 2.45) is 0 Å². The molecule has 0 heterocycles. The third-order valence-corrected chi connectivity index (χ3v) is 14.1. The van der Waals surface area contributed by atoms with Crippen molar-refractivity contribution < 1.29 is 20.1 Å². The number of aliphatic hydroxyl groups excluding tert-OH is 3. The number of unbranched alkanes of at least 4 members (excludes halogenated alkanes) is 41. The standard InChI is InChI=1S/C63H119NO4/c1-3-5-7-9-11-13-15-17-19-21-23-25-27-28-29-30-31-32-33-35-36-38-40-42-44-46-48-50-52-54-56-60(66)58-63(68)64-61(59-65)62(67)57-55-53-51-49-47-45-43-41-39-37-34-26-24-22-20-18-16-14-12-10-8-6-4-2/h28-29,39,41,47,49,55,57,60-62,65-67H,3-27,30-38,40,42-46,48,50-54,56,58-59H2,1-2H3,(H,64,68)/b29-28-,41-39+,49-47+,57-55+. The Morgan fingerprint density at radius 2 is 0.632 bits per heavy atom. The van der Waals surface area contributed by atoms with E-state index in [1.54, 1.807) is 6.08 Å². The number of carbonyl (C=O) groups excluding carboxylic acids is 1. The van der Waals surface area contributed by atoms with Crippen molar-refractivity contribution in [3.63, 3.8) is 0 Å². The molecule has 0 saturated carbocycles. The molecule has 0 radical (unpaired) electrons. The van der Waals surface area contributed by atoms with Gasteiger partial charge in [-0.15, -0.1) is 0 Å². The molecule has 3 unspecified atom stereocenters. The van der Waals surface area contributed by atoms with Gasteiger partial charge in [-0.25, -0.2) is 0 Å². The third-order valence-electron chi connectivity index (χ3n) is 14.1. The van der Waals surface area contributed by atoms with Crippen molar-refractivity contribution in [3.8, 4) is 0 Å². The molecule has 0 aliphatic heterocycles. The van der Waals surface area contributed by atoms with Gasteiger partial charge in [-0.05, 0) is 70.6 Å².